The van der Waals surface area contributed by atoms with Gasteiger partial charge < -0.3 is 5.32 Å². The molecule has 1 aliphatic carbocycles. The number of allylic oxidation sites excluding steroid dienone is 1. The number of halogens is 2. The van der Waals surface area contributed by atoms with E-state index in [4.69, 9.17) is 0 Å². The third kappa shape index (κ3) is 3.84. The maximum atomic E-state index is 14.0. The number of amides is 1. The Hall–Kier alpha value is -2.04. The van der Waals surface area contributed by atoms with E-state index >= 15 is 0 Å². The molecule has 0 bridgehead atoms. The molecule has 0 aliphatic heterocycles. The molecule has 0 spiro atoms. The van der Waals surface area contributed by atoms with Gasteiger partial charge in [0.05, 0.1) is 11.1 Å². The molecule has 0 heterocycles. The highest BCUT2D eigenvalue weighted by Gasteiger charge is 2.26. The van der Waals surface area contributed by atoms with Crippen LogP contribution in [0.1, 0.15) is 54.9 Å². The summed E-state index contributed by atoms with van der Waals surface area (Å²) in [5, 5.41) is 2.83. The van der Waals surface area contributed by atoms with Crippen molar-refractivity contribution in [2.75, 3.05) is 0 Å². The summed E-state index contributed by atoms with van der Waals surface area (Å²) in [4.78, 5) is 24.9. The van der Waals surface area contributed by atoms with Crippen molar-refractivity contribution in [3.63, 3.8) is 0 Å². The Morgan fingerprint density at radius 2 is 1.74 bits per heavy atom. The minimum absolute atomic E-state index is 0.0393. The normalized spacial score (nSPS) is 16.3. The molecule has 1 aromatic rings. The molecule has 0 aromatic heterocycles. The van der Waals surface area contributed by atoms with E-state index in [0.29, 0.717) is 0 Å². The zero-order chi connectivity index (χ0) is 17.0. The van der Waals surface area contributed by atoms with Crippen molar-refractivity contribution in [2.45, 2.75) is 52.0 Å². The van der Waals surface area contributed by atoms with Crippen LogP contribution in [0.5, 0.6) is 0 Å². The Morgan fingerprint density at radius 1 is 1.13 bits per heavy atom. The van der Waals surface area contributed by atoms with Crippen LogP contribution in [0.15, 0.2) is 23.8 Å². The second-order valence-electron chi connectivity index (χ2n) is 5.87. The number of carbonyl (C=O) groups is 2. The topological polar surface area (TPSA) is 46.2 Å². The summed E-state index contributed by atoms with van der Waals surface area (Å²) in [5.41, 5.74) is -0.611. The molecule has 2 rings (SSSR count). The van der Waals surface area contributed by atoms with Gasteiger partial charge in [-0.25, -0.2) is 8.78 Å². The van der Waals surface area contributed by atoms with Crippen LogP contribution in [0, 0.1) is 18.6 Å². The van der Waals surface area contributed by atoms with Crippen LogP contribution in [0.3, 0.4) is 0 Å². The molecule has 0 saturated heterocycles. The summed E-state index contributed by atoms with van der Waals surface area (Å²) in [6.07, 6.45) is 6.34. The molecular weight excluding hydrogens is 300 g/mol. The van der Waals surface area contributed by atoms with Crippen molar-refractivity contribution in [3.8, 4) is 0 Å². The van der Waals surface area contributed by atoms with Gasteiger partial charge in [-0.1, -0.05) is 25.3 Å². The lowest BCUT2D eigenvalue weighted by molar-refractivity contribution is -0.118. The number of carbonyl (C=O) groups excluding carboxylic acids is 2. The SMILES string of the molecule is CC=C(C(=O)NC1CCCCC1)C(=O)c1c(F)ccc(F)c1C. The lowest BCUT2D eigenvalue weighted by Gasteiger charge is -2.23. The zero-order valence-electron chi connectivity index (χ0n) is 13.4. The van der Waals surface area contributed by atoms with E-state index in [9.17, 15) is 18.4 Å². The van der Waals surface area contributed by atoms with Crippen LogP contribution < -0.4 is 5.32 Å². The van der Waals surface area contributed by atoms with Crippen LogP contribution in [0.2, 0.25) is 0 Å². The van der Waals surface area contributed by atoms with E-state index < -0.39 is 23.3 Å². The van der Waals surface area contributed by atoms with Gasteiger partial charge in [0.15, 0.2) is 0 Å². The van der Waals surface area contributed by atoms with Crippen LogP contribution in [0.4, 0.5) is 8.78 Å². The van der Waals surface area contributed by atoms with Gasteiger partial charge in [0.1, 0.15) is 11.6 Å². The Kier molecular flexibility index (Phi) is 5.64. The van der Waals surface area contributed by atoms with Crippen molar-refractivity contribution < 1.29 is 18.4 Å². The van der Waals surface area contributed by atoms with E-state index in [1.54, 1.807) is 6.92 Å². The Bertz CT molecular complexity index is 647. The van der Waals surface area contributed by atoms with Crippen molar-refractivity contribution >= 4 is 11.7 Å². The zero-order valence-corrected chi connectivity index (χ0v) is 13.4. The molecule has 1 fully saturated rings. The minimum Gasteiger partial charge on any atom is -0.349 e. The van der Waals surface area contributed by atoms with Crippen LogP contribution in [-0.2, 0) is 4.79 Å². The molecule has 0 atom stereocenters. The number of hydrogen-bond donors (Lipinski definition) is 1. The summed E-state index contributed by atoms with van der Waals surface area (Å²) >= 11 is 0. The van der Waals surface area contributed by atoms with Gasteiger partial charge in [-0.05, 0) is 44.4 Å². The molecular formula is C18H21F2NO2. The monoisotopic (exact) mass is 321 g/mol. The maximum Gasteiger partial charge on any atom is 0.255 e. The molecule has 0 unspecified atom stereocenters. The summed E-state index contributed by atoms with van der Waals surface area (Å²) < 4.78 is 27.6. The molecule has 1 N–H and O–H groups in total. The summed E-state index contributed by atoms with van der Waals surface area (Å²) in [6, 6.07) is 1.92. The lowest BCUT2D eigenvalue weighted by atomic mass is 9.94. The summed E-state index contributed by atoms with van der Waals surface area (Å²) in [5.74, 6) is -2.79. The van der Waals surface area contributed by atoms with Gasteiger partial charge >= 0.3 is 0 Å². The highest BCUT2D eigenvalue weighted by atomic mass is 19.1. The number of nitrogens with one attached hydrogen (secondary N) is 1. The quantitative estimate of drug-likeness (QED) is 0.396. The first-order valence-corrected chi connectivity index (χ1v) is 7.92. The van der Waals surface area contributed by atoms with Gasteiger partial charge in [0, 0.05) is 6.04 Å². The van der Waals surface area contributed by atoms with E-state index in [1.807, 2.05) is 0 Å². The van der Waals surface area contributed by atoms with Crippen molar-refractivity contribution in [1.82, 2.24) is 5.32 Å². The van der Waals surface area contributed by atoms with Gasteiger partial charge in [0.2, 0.25) is 5.78 Å². The third-order valence-corrected chi connectivity index (χ3v) is 4.29. The van der Waals surface area contributed by atoms with Gasteiger partial charge in [-0.2, -0.15) is 0 Å². The Morgan fingerprint density at radius 3 is 2.35 bits per heavy atom. The number of hydrogen-bond acceptors (Lipinski definition) is 2. The minimum atomic E-state index is -0.821. The van der Waals surface area contributed by atoms with Gasteiger partial charge in [-0.15, -0.1) is 0 Å². The van der Waals surface area contributed by atoms with Crippen molar-refractivity contribution in [2.24, 2.45) is 0 Å². The number of ketones is 1. The fourth-order valence-electron chi connectivity index (χ4n) is 2.94. The largest absolute Gasteiger partial charge is 0.349 e. The number of Topliss-reactive ketones (excluding diaryl/α,β-unsaturated/α-hetero) is 1. The van der Waals surface area contributed by atoms with Crippen molar-refractivity contribution in [3.05, 3.63) is 46.5 Å². The Labute approximate surface area is 134 Å². The summed E-state index contributed by atoms with van der Waals surface area (Å²) in [6.45, 7) is 2.87. The second kappa shape index (κ2) is 7.49. The average molecular weight is 321 g/mol. The fourth-order valence-corrected chi connectivity index (χ4v) is 2.94. The molecule has 23 heavy (non-hydrogen) atoms. The standard InChI is InChI=1S/C18H21F2NO2/c1-3-13(18(23)21-12-7-5-4-6-8-12)17(22)16-11(2)14(19)9-10-15(16)20/h3,9-10,12H,4-8H2,1-2H3,(H,21,23). The molecule has 0 radical (unpaired) electrons. The first-order chi connectivity index (χ1) is 11.0. The molecule has 1 aliphatic rings. The van der Waals surface area contributed by atoms with E-state index in [-0.39, 0.29) is 22.7 Å². The van der Waals surface area contributed by atoms with E-state index in [2.05, 4.69) is 5.32 Å². The Balaban J connectivity index is 2.22. The number of benzene rings is 1. The third-order valence-electron chi connectivity index (χ3n) is 4.29. The predicted molar refractivity (Wildman–Crippen MR) is 84.2 cm³/mol. The first kappa shape index (κ1) is 17.3. The molecule has 124 valence electrons. The van der Waals surface area contributed by atoms with E-state index in [1.165, 1.54) is 13.0 Å². The van der Waals surface area contributed by atoms with E-state index in [0.717, 1.165) is 44.2 Å². The van der Waals surface area contributed by atoms with Crippen molar-refractivity contribution in [1.29, 1.82) is 0 Å². The van der Waals surface area contributed by atoms with Gasteiger partial charge in [-0.3, -0.25) is 9.59 Å². The highest BCUT2D eigenvalue weighted by Crippen LogP contribution is 2.22. The average Bonchev–Trinajstić information content (AvgIpc) is 2.53. The second-order valence-corrected chi connectivity index (χ2v) is 5.87. The first-order valence-electron chi connectivity index (χ1n) is 7.92. The smallest absolute Gasteiger partial charge is 0.255 e. The lowest BCUT2D eigenvalue weighted by Crippen LogP contribution is -2.38. The predicted octanol–water partition coefficient (Wildman–Crippen LogP) is 3.85. The molecule has 1 aromatic carbocycles. The van der Waals surface area contributed by atoms with Gasteiger partial charge in [0.25, 0.3) is 5.91 Å². The molecule has 3 nitrogen and oxygen atoms in total. The number of rotatable bonds is 4. The van der Waals surface area contributed by atoms with Crippen LogP contribution in [-0.4, -0.2) is 17.7 Å². The maximum absolute atomic E-state index is 14.0. The van der Waals surface area contributed by atoms with Crippen LogP contribution >= 0.6 is 0 Å². The molecule has 5 heteroatoms. The van der Waals surface area contributed by atoms with Crippen LogP contribution in [0.25, 0.3) is 0 Å². The molecule has 1 amide bonds. The highest BCUT2D eigenvalue weighted by molar-refractivity contribution is 6.26. The fraction of sp³-hybridized carbons (Fsp3) is 0.444. The molecule has 1 saturated carbocycles. The summed E-state index contributed by atoms with van der Waals surface area (Å²) in [7, 11) is 0.